The van der Waals surface area contributed by atoms with Crippen LogP contribution in [0.3, 0.4) is 0 Å². The zero-order valence-corrected chi connectivity index (χ0v) is 11.6. The van der Waals surface area contributed by atoms with Crippen molar-refractivity contribution in [3.05, 3.63) is 47.8 Å². The van der Waals surface area contributed by atoms with Gasteiger partial charge in [0.25, 0.3) is 0 Å². The fourth-order valence-electron chi connectivity index (χ4n) is 1.60. The minimum absolute atomic E-state index is 0.0811. The minimum Gasteiger partial charge on any atom is -0.353 e. The molecule has 1 heterocycles. The molecule has 0 aliphatic heterocycles. The molecule has 5 nitrogen and oxygen atoms in total. The summed E-state index contributed by atoms with van der Waals surface area (Å²) in [6.07, 6.45) is 2.30. The van der Waals surface area contributed by atoms with Crippen molar-refractivity contribution in [3.8, 4) is 11.4 Å². The second-order valence-corrected chi connectivity index (χ2v) is 4.49. The Kier molecular flexibility index (Phi) is 4.90. The van der Waals surface area contributed by atoms with Gasteiger partial charge < -0.3 is 9.84 Å². The van der Waals surface area contributed by atoms with Crippen LogP contribution in [-0.2, 0) is 11.2 Å². The number of carbonyl (C=O) groups is 1. The zero-order valence-electron chi connectivity index (χ0n) is 10.8. The van der Waals surface area contributed by atoms with Crippen molar-refractivity contribution in [3.63, 3.8) is 0 Å². The topological polar surface area (TPSA) is 68.0 Å². The predicted molar refractivity (Wildman–Crippen MR) is 76.3 cm³/mol. The Labute approximate surface area is 121 Å². The SMILES string of the molecule is C=CCNC(=O)CCc1nc(-c2ccccc2Cl)no1. The molecule has 1 aromatic heterocycles. The molecule has 1 N–H and O–H groups in total. The lowest BCUT2D eigenvalue weighted by Crippen LogP contribution is -2.23. The van der Waals surface area contributed by atoms with E-state index >= 15 is 0 Å². The number of hydrogen-bond donors (Lipinski definition) is 1. The Morgan fingerprint density at radius 2 is 2.25 bits per heavy atom. The van der Waals surface area contributed by atoms with E-state index in [0.29, 0.717) is 35.3 Å². The van der Waals surface area contributed by atoms with E-state index < -0.39 is 0 Å². The Bertz CT molecular complexity index is 610. The molecular weight excluding hydrogens is 278 g/mol. The van der Waals surface area contributed by atoms with Crippen molar-refractivity contribution < 1.29 is 9.32 Å². The number of aryl methyl sites for hydroxylation is 1. The summed E-state index contributed by atoms with van der Waals surface area (Å²) in [7, 11) is 0. The summed E-state index contributed by atoms with van der Waals surface area (Å²) < 4.78 is 5.11. The third-order valence-corrected chi connectivity index (χ3v) is 2.92. The smallest absolute Gasteiger partial charge is 0.227 e. The first-order valence-electron chi connectivity index (χ1n) is 6.16. The lowest BCUT2D eigenvalue weighted by molar-refractivity contribution is -0.120. The average molecular weight is 292 g/mol. The van der Waals surface area contributed by atoms with Crippen molar-refractivity contribution in [1.82, 2.24) is 15.5 Å². The van der Waals surface area contributed by atoms with E-state index in [1.165, 1.54) is 0 Å². The number of aromatic nitrogens is 2. The minimum atomic E-state index is -0.0811. The molecule has 0 spiro atoms. The fourth-order valence-corrected chi connectivity index (χ4v) is 1.82. The molecule has 6 heteroatoms. The van der Waals surface area contributed by atoms with Gasteiger partial charge in [0.05, 0.1) is 5.02 Å². The summed E-state index contributed by atoms with van der Waals surface area (Å²) in [4.78, 5) is 15.7. The van der Waals surface area contributed by atoms with E-state index in [-0.39, 0.29) is 12.3 Å². The Hall–Kier alpha value is -2.14. The summed E-state index contributed by atoms with van der Waals surface area (Å²) in [6, 6.07) is 7.25. The van der Waals surface area contributed by atoms with Crippen molar-refractivity contribution in [1.29, 1.82) is 0 Å². The number of nitrogens with zero attached hydrogens (tertiary/aromatic N) is 2. The van der Waals surface area contributed by atoms with Crippen molar-refractivity contribution in [2.75, 3.05) is 6.54 Å². The molecule has 20 heavy (non-hydrogen) atoms. The third kappa shape index (κ3) is 3.68. The van der Waals surface area contributed by atoms with E-state index in [4.69, 9.17) is 16.1 Å². The van der Waals surface area contributed by atoms with Gasteiger partial charge in [0.2, 0.25) is 17.6 Å². The zero-order chi connectivity index (χ0) is 14.4. The average Bonchev–Trinajstić information content (AvgIpc) is 2.92. The molecule has 1 aromatic carbocycles. The van der Waals surface area contributed by atoms with Crippen LogP contribution in [0.15, 0.2) is 41.4 Å². The number of amides is 1. The number of hydrogen-bond acceptors (Lipinski definition) is 4. The summed E-state index contributed by atoms with van der Waals surface area (Å²) in [5, 5.41) is 7.11. The van der Waals surface area contributed by atoms with Crippen LogP contribution in [0.1, 0.15) is 12.3 Å². The molecular formula is C14H14ClN3O2. The Morgan fingerprint density at radius 3 is 3.00 bits per heavy atom. The standard InChI is InChI=1S/C14H14ClN3O2/c1-2-9-16-12(19)7-8-13-17-14(18-20-13)10-5-3-4-6-11(10)15/h2-6H,1,7-9H2,(H,16,19). The summed E-state index contributed by atoms with van der Waals surface area (Å²) in [5.74, 6) is 0.758. The van der Waals surface area contributed by atoms with E-state index in [9.17, 15) is 4.79 Å². The van der Waals surface area contributed by atoms with Gasteiger partial charge in [0.15, 0.2) is 0 Å². The van der Waals surface area contributed by atoms with Gasteiger partial charge in [-0.15, -0.1) is 6.58 Å². The van der Waals surface area contributed by atoms with Crippen LogP contribution < -0.4 is 5.32 Å². The highest BCUT2D eigenvalue weighted by Crippen LogP contribution is 2.24. The van der Waals surface area contributed by atoms with Gasteiger partial charge in [-0.25, -0.2) is 0 Å². The third-order valence-electron chi connectivity index (χ3n) is 2.59. The van der Waals surface area contributed by atoms with Crippen LogP contribution >= 0.6 is 11.6 Å². The first kappa shape index (κ1) is 14.3. The molecule has 0 radical (unpaired) electrons. The highest BCUT2D eigenvalue weighted by atomic mass is 35.5. The van der Waals surface area contributed by atoms with E-state index in [1.807, 2.05) is 18.2 Å². The highest BCUT2D eigenvalue weighted by molar-refractivity contribution is 6.33. The maximum atomic E-state index is 11.4. The molecule has 0 saturated heterocycles. The van der Waals surface area contributed by atoms with Gasteiger partial charge in [0.1, 0.15) is 0 Å². The van der Waals surface area contributed by atoms with Gasteiger partial charge >= 0.3 is 0 Å². The van der Waals surface area contributed by atoms with Gasteiger partial charge in [-0.05, 0) is 12.1 Å². The number of carbonyl (C=O) groups excluding carboxylic acids is 1. The normalized spacial score (nSPS) is 10.2. The maximum absolute atomic E-state index is 11.4. The number of nitrogens with one attached hydrogen (secondary N) is 1. The van der Waals surface area contributed by atoms with Crippen LogP contribution in [0.5, 0.6) is 0 Å². The van der Waals surface area contributed by atoms with Crippen LogP contribution in [0.25, 0.3) is 11.4 Å². The molecule has 1 amide bonds. The van der Waals surface area contributed by atoms with Crippen LogP contribution in [0.2, 0.25) is 5.02 Å². The monoisotopic (exact) mass is 291 g/mol. The molecule has 0 saturated carbocycles. The van der Waals surface area contributed by atoms with E-state index in [1.54, 1.807) is 12.1 Å². The van der Waals surface area contributed by atoms with Crippen LogP contribution in [0, 0.1) is 0 Å². The number of halogens is 1. The van der Waals surface area contributed by atoms with Gasteiger partial charge in [-0.3, -0.25) is 4.79 Å². The van der Waals surface area contributed by atoms with Crippen molar-refractivity contribution in [2.24, 2.45) is 0 Å². The van der Waals surface area contributed by atoms with Crippen molar-refractivity contribution >= 4 is 17.5 Å². The first-order chi connectivity index (χ1) is 9.70. The van der Waals surface area contributed by atoms with E-state index in [0.717, 1.165) is 0 Å². The maximum Gasteiger partial charge on any atom is 0.227 e. The predicted octanol–water partition coefficient (Wildman–Crippen LogP) is 2.62. The first-order valence-corrected chi connectivity index (χ1v) is 6.53. The summed E-state index contributed by atoms with van der Waals surface area (Å²) in [5.41, 5.74) is 0.709. The van der Waals surface area contributed by atoms with Crippen LogP contribution in [0.4, 0.5) is 0 Å². The van der Waals surface area contributed by atoms with Gasteiger partial charge in [-0.1, -0.05) is 35.0 Å². The molecule has 0 atom stereocenters. The highest BCUT2D eigenvalue weighted by Gasteiger charge is 2.12. The fraction of sp³-hybridized carbons (Fsp3) is 0.214. The van der Waals surface area contributed by atoms with Gasteiger partial charge in [-0.2, -0.15) is 4.98 Å². The summed E-state index contributed by atoms with van der Waals surface area (Å²) >= 11 is 6.06. The molecule has 2 rings (SSSR count). The number of benzene rings is 1. The number of rotatable bonds is 6. The molecule has 2 aromatic rings. The van der Waals surface area contributed by atoms with Crippen LogP contribution in [-0.4, -0.2) is 22.6 Å². The summed E-state index contributed by atoms with van der Waals surface area (Å²) in [6.45, 7) is 3.98. The van der Waals surface area contributed by atoms with Crippen molar-refractivity contribution in [2.45, 2.75) is 12.8 Å². The molecule has 0 fully saturated rings. The Morgan fingerprint density at radius 1 is 1.45 bits per heavy atom. The molecule has 0 bridgehead atoms. The van der Waals surface area contributed by atoms with E-state index in [2.05, 4.69) is 22.0 Å². The quantitative estimate of drug-likeness (QED) is 0.831. The molecule has 0 unspecified atom stereocenters. The lowest BCUT2D eigenvalue weighted by atomic mass is 10.2. The molecule has 104 valence electrons. The molecule has 0 aliphatic carbocycles. The van der Waals surface area contributed by atoms with Gasteiger partial charge in [0, 0.05) is 24.9 Å². The second-order valence-electron chi connectivity index (χ2n) is 4.08. The lowest BCUT2D eigenvalue weighted by Gasteiger charge is -1.99. The largest absolute Gasteiger partial charge is 0.353 e. The second kappa shape index (κ2) is 6.86. The Balaban J connectivity index is 1.98. The molecule has 0 aliphatic rings.